The van der Waals surface area contributed by atoms with Gasteiger partial charge in [0.25, 0.3) is 0 Å². The van der Waals surface area contributed by atoms with Crippen LogP contribution in [0.5, 0.6) is 0 Å². The van der Waals surface area contributed by atoms with Gasteiger partial charge in [0.05, 0.1) is 11.7 Å². The fourth-order valence-electron chi connectivity index (χ4n) is 3.89. The zero-order valence-corrected chi connectivity index (χ0v) is 11.6. The third-order valence-electron chi connectivity index (χ3n) is 5.00. The molecule has 0 amide bonds. The summed E-state index contributed by atoms with van der Waals surface area (Å²) in [5, 5.41) is 2.40. The van der Waals surface area contributed by atoms with Crippen LogP contribution in [0.15, 0.2) is 0 Å². The SMILES string of the molecule is C1CCN(NCC2CCC3(CCCCC3)O2)CC1. The van der Waals surface area contributed by atoms with E-state index in [2.05, 4.69) is 10.4 Å². The van der Waals surface area contributed by atoms with Gasteiger partial charge in [-0.05, 0) is 38.5 Å². The fourth-order valence-corrected chi connectivity index (χ4v) is 3.89. The quantitative estimate of drug-likeness (QED) is 0.836. The molecule has 0 aromatic heterocycles. The Balaban J connectivity index is 1.41. The molecule has 2 saturated heterocycles. The molecule has 0 bridgehead atoms. The van der Waals surface area contributed by atoms with Crippen LogP contribution in [0.3, 0.4) is 0 Å². The Hall–Kier alpha value is -0.120. The summed E-state index contributed by atoms with van der Waals surface area (Å²) in [4.78, 5) is 0. The van der Waals surface area contributed by atoms with E-state index in [9.17, 15) is 0 Å². The van der Waals surface area contributed by atoms with Gasteiger partial charge in [0, 0.05) is 19.6 Å². The predicted octanol–water partition coefficient (Wildman–Crippen LogP) is 2.86. The first-order valence-corrected chi connectivity index (χ1v) is 8.03. The minimum absolute atomic E-state index is 0.284. The van der Waals surface area contributed by atoms with Crippen LogP contribution in [0.4, 0.5) is 0 Å². The molecule has 1 spiro atoms. The molecule has 18 heavy (non-hydrogen) atoms. The maximum Gasteiger partial charge on any atom is 0.0722 e. The second-order valence-corrected chi connectivity index (χ2v) is 6.43. The molecule has 0 aromatic rings. The van der Waals surface area contributed by atoms with E-state index >= 15 is 0 Å². The normalized spacial score (nSPS) is 33.0. The molecule has 1 aliphatic carbocycles. The summed E-state index contributed by atoms with van der Waals surface area (Å²) in [7, 11) is 0. The van der Waals surface area contributed by atoms with Crippen LogP contribution in [0, 0.1) is 0 Å². The van der Waals surface area contributed by atoms with Crippen LogP contribution in [0.2, 0.25) is 0 Å². The summed E-state index contributed by atoms with van der Waals surface area (Å²) < 4.78 is 6.39. The second kappa shape index (κ2) is 5.89. The summed E-state index contributed by atoms with van der Waals surface area (Å²) in [6.45, 7) is 3.47. The highest BCUT2D eigenvalue weighted by molar-refractivity contribution is 4.91. The number of ether oxygens (including phenoxy) is 1. The summed E-state index contributed by atoms with van der Waals surface area (Å²) in [6, 6.07) is 0. The number of nitrogens with one attached hydrogen (secondary N) is 1. The number of hydrogen-bond donors (Lipinski definition) is 1. The molecule has 1 saturated carbocycles. The van der Waals surface area contributed by atoms with Gasteiger partial charge in [-0.25, -0.2) is 5.01 Å². The topological polar surface area (TPSA) is 24.5 Å². The third-order valence-corrected chi connectivity index (χ3v) is 5.00. The highest BCUT2D eigenvalue weighted by Crippen LogP contribution is 2.41. The van der Waals surface area contributed by atoms with Gasteiger partial charge in [0.15, 0.2) is 0 Å². The highest BCUT2D eigenvalue weighted by Gasteiger charge is 2.40. The first kappa shape index (κ1) is 12.9. The lowest BCUT2D eigenvalue weighted by atomic mass is 9.83. The molecule has 3 heteroatoms. The Morgan fingerprint density at radius 2 is 1.67 bits per heavy atom. The number of rotatable bonds is 3. The summed E-state index contributed by atoms with van der Waals surface area (Å²) >= 11 is 0. The fraction of sp³-hybridized carbons (Fsp3) is 1.00. The number of nitrogens with zero attached hydrogens (tertiary/aromatic N) is 1. The molecule has 3 nitrogen and oxygen atoms in total. The first-order chi connectivity index (χ1) is 8.86. The van der Waals surface area contributed by atoms with Crippen molar-refractivity contribution >= 4 is 0 Å². The molecule has 1 atom stereocenters. The predicted molar refractivity (Wildman–Crippen MR) is 73.3 cm³/mol. The molecule has 1 unspecified atom stereocenters. The monoisotopic (exact) mass is 252 g/mol. The van der Waals surface area contributed by atoms with Crippen molar-refractivity contribution in [3.05, 3.63) is 0 Å². The minimum Gasteiger partial charge on any atom is -0.370 e. The molecule has 104 valence electrons. The van der Waals surface area contributed by atoms with E-state index in [1.54, 1.807) is 0 Å². The van der Waals surface area contributed by atoms with Crippen molar-refractivity contribution in [2.75, 3.05) is 19.6 Å². The van der Waals surface area contributed by atoms with Crippen LogP contribution in [-0.4, -0.2) is 36.3 Å². The van der Waals surface area contributed by atoms with Crippen molar-refractivity contribution in [3.63, 3.8) is 0 Å². The van der Waals surface area contributed by atoms with Crippen molar-refractivity contribution < 1.29 is 4.74 Å². The van der Waals surface area contributed by atoms with E-state index in [4.69, 9.17) is 4.74 Å². The van der Waals surface area contributed by atoms with E-state index < -0.39 is 0 Å². The second-order valence-electron chi connectivity index (χ2n) is 6.43. The molecule has 3 fully saturated rings. The Morgan fingerprint density at radius 3 is 2.44 bits per heavy atom. The van der Waals surface area contributed by atoms with Gasteiger partial charge in [0.1, 0.15) is 0 Å². The molecule has 2 heterocycles. The molecule has 0 aromatic carbocycles. The van der Waals surface area contributed by atoms with Crippen LogP contribution in [0.25, 0.3) is 0 Å². The third kappa shape index (κ3) is 3.06. The lowest BCUT2D eigenvalue weighted by molar-refractivity contribution is -0.0676. The van der Waals surface area contributed by atoms with E-state index in [-0.39, 0.29) is 5.60 Å². The lowest BCUT2D eigenvalue weighted by Gasteiger charge is -2.34. The van der Waals surface area contributed by atoms with Gasteiger partial charge in [-0.15, -0.1) is 0 Å². The Bertz CT molecular complexity index is 257. The van der Waals surface area contributed by atoms with Gasteiger partial charge in [-0.2, -0.15) is 0 Å². The summed E-state index contributed by atoms with van der Waals surface area (Å²) in [5.41, 5.74) is 3.88. The van der Waals surface area contributed by atoms with Crippen LogP contribution in [-0.2, 0) is 4.74 Å². The molecule has 3 rings (SSSR count). The Kier molecular flexibility index (Phi) is 4.22. The average Bonchev–Trinajstić information content (AvgIpc) is 2.82. The molecule has 3 aliphatic rings. The van der Waals surface area contributed by atoms with Crippen LogP contribution < -0.4 is 5.43 Å². The zero-order valence-electron chi connectivity index (χ0n) is 11.6. The van der Waals surface area contributed by atoms with E-state index in [1.807, 2.05) is 0 Å². The Morgan fingerprint density at radius 1 is 0.944 bits per heavy atom. The highest BCUT2D eigenvalue weighted by atomic mass is 16.5. The lowest BCUT2D eigenvalue weighted by Crippen LogP contribution is -2.45. The molecule has 2 aliphatic heterocycles. The van der Waals surface area contributed by atoms with Crippen LogP contribution in [0.1, 0.15) is 64.2 Å². The maximum absolute atomic E-state index is 6.39. The van der Waals surface area contributed by atoms with Crippen molar-refractivity contribution in [2.45, 2.75) is 75.9 Å². The zero-order chi connectivity index (χ0) is 12.3. The molecular weight excluding hydrogens is 224 g/mol. The standard InChI is InChI=1S/C15H28N2O/c1-3-8-15(9-4-1)10-7-14(18-15)13-16-17-11-5-2-6-12-17/h14,16H,1-13H2. The molecule has 0 radical (unpaired) electrons. The van der Waals surface area contributed by atoms with Gasteiger partial charge in [-0.1, -0.05) is 25.7 Å². The van der Waals surface area contributed by atoms with Gasteiger partial charge in [-0.3, -0.25) is 5.43 Å². The summed E-state index contributed by atoms with van der Waals surface area (Å²) in [6.07, 6.45) is 13.9. The number of piperidine rings is 1. The van der Waals surface area contributed by atoms with Gasteiger partial charge < -0.3 is 4.74 Å². The number of hydrazine groups is 1. The summed E-state index contributed by atoms with van der Waals surface area (Å²) in [5.74, 6) is 0. The minimum atomic E-state index is 0.284. The Labute approximate surface area is 111 Å². The van der Waals surface area contributed by atoms with Crippen molar-refractivity contribution in [1.82, 2.24) is 10.4 Å². The van der Waals surface area contributed by atoms with E-state index in [1.165, 1.54) is 77.3 Å². The van der Waals surface area contributed by atoms with Crippen molar-refractivity contribution in [1.29, 1.82) is 0 Å². The first-order valence-electron chi connectivity index (χ1n) is 8.03. The van der Waals surface area contributed by atoms with Gasteiger partial charge >= 0.3 is 0 Å². The maximum atomic E-state index is 6.39. The van der Waals surface area contributed by atoms with E-state index in [0.717, 1.165) is 6.54 Å². The molecule has 1 N–H and O–H groups in total. The van der Waals surface area contributed by atoms with Crippen molar-refractivity contribution in [2.24, 2.45) is 0 Å². The largest absolute Gasteiger partial charge is 0.370 e. The van der Waals surface area contributed by atoms with Crippen molar-refractivity contribution in [3.8, 4) is 0 Å². The smallest absolute Gasteiger partial charge is 0.0722 e. The molecular formula is C15H28N2O. The average molecular weight is 252 g/mol. The number of hydrogen-bond acceptors (Lipinski definition) is 3. The van der Waals surface area contributed by atoms with Crippen LogP contribution >= 0.6 is 0 Å². The van der Waals surface area contributed by atoms with Gasteiger partial charge in [0.2, 0.25) is 0 Å². The van der Waals surface area contributed by atoms with E-state index in [0.29, 0.717) is 6.10 Å².